The second-order valence-electron chi connectivity index (χ2n) is 8.07. The minimum atomic E-state index is -0.507. The van der Waals surface area contributed by atoms with E-state index in [0.29, 0.717) is 5.02 Å². The molecule has 0 aliphatic rings. The third-order valence-corrected chi connectivity index (χ3v) is 5.51. The number of esters is 1. The average Bonchev–Trinajstić information content (AvgIpc) is 2.76. The van der Waals surface area contributed by atoms with Gasteiger partial charge in [-0.3, -0.25) is 10.1 Å². The second-order valence-corrected chi connectivity index (χ2v) is 8.48. The van der Waals surface area contributed by atoms with E-state index in [1.807, 2.05) is 50.5 Å². The largest absolute Gasteiger partial charge is 0.454 e. The Labute approximate surface area is 207 Å². The zero-order valence-corrected chi connectivity index (χ0v) is 20.8. The van der Waals surface area contributed by atoms with Crippen molar-refractivity contribution in [1.29, 1.82) is 0 Å². The fourth-order valence-corrected chi connectivity index (χ4v) is 3.70. The Hall–Kier alpha value is -2.41. The van der Waals surface area contributed by atoms with Gasteiger partial charge in [-0.15, -0.1) is 12.4 Å². The number of ether oxygens (including phenoxy) is 1. The number of rotatable bonds is 12. The summed E-state index contributed by atoms with van der Waals surface area (Å²) < 4.78 is 5.93. The number of nitro groups is 1. The summed E-state index contributed by atoms with van der Waals surface area (Å²) in [4.78, 5) is 25.4. The lowest BCUT2D eigenvalue weighted by Crippen LogP contribution is -2.33. The normalized spacial score (nSPS) is 12.9. The van der Waals surface area contributed by atoms with Crippen LogP contribution in [0.1, 0.15) is 48.5 Å². The Kier molecular flexibility index (Phi) is 12.7. The maximum Gasteiger partial charge on any atom is 0.338 e. The predicted molar refractivity (Wildman–Crippen MR) is 136 cm³/mol. The minimum absolute atomic E-state index is 0. The lowest BCUT2D eigenvalue weighted by atomic mass is 9.93. The molecule has 0 heterocycles. The molecule has 0 saturated carbocycles. The van der Waals surface area contributed by atoms with Gasteiger partial charge in [0.05, 0.1) is 10.5 Å². The SMILES string of the molecule is CCCCCC(CN(C)C)C(/C=C/c1ccccc1Cl)OC(=O)c1ccc([N+](=O)[O-])cc1.Cl. The van der Waals surface area contributed by atoms with Crippen LogP contribution in [0.4, 0.5) is 5.69 Å². The monoisotopic (exact) mass is 494 g/mol. The highest BCUT2D eigenvalue weighted by Crippen LogP contribution is 2.24. The molecule has 0 radical (unpaired) electrons. The van der Waals surface area contributed by atoms with Crippen molar-refractivity contribution in [3.8, 4) is 0 Å². The van der Waals surface area contributed by atoms with Gasteiger partial charge >= 0.3 is 5.97 Å². The molecule has 0 fully saturated rings. The average molecular weight is 495 g/mol. The van der Waals surface area contributed by atoms with Crippen molar-refractivity contribution < 1.29 is 14.5 Å². The number of hydrogen-bond acceptors (Lipinski definition) is 5. The van der Waals surface area contributed by atoms with Gasteiger partial charge in [-0.25, -0.2) is 4.79 Å². The topological polar surface area (TPSA) is 72.7 Å². The molecule has 2 rings (SSSR count). The molecule has 0 aromatic heterocycles. The quantitative estimate of drug-likeness (QED) is 0.142. The van der Waals surface area contributed by atoms with E-state index in [4.69, 9.17) is 16.3 Å². The smallest absolute Gasteiger partial charge is 0.338 e. The van der Waals surface area contributed by atoms with Crippen LogP contribution in [0.15, 0.2) is 54.6 Å². The minimum Gasteiger partial charge on any atom is -0.454 e. The molecule has 0 N–H and O–H groups in total. The Morgan fingerprint density at radius 1 is 1.15 bits per heavy atom. The highest BCUT2D eigenvalue weighted by Gasteiger charge is 2.24. The molecular formula is C25H32Cl2N2O4. The molecule has 2 atom stereocenters. The first-order chi connectivity index (χ1) is 15.3. The summed E-state index contributed by atoms with van der Waals surface area (Å²) in [5, 5.41) is 11.5. The van der Waals surface area contributed by atoms with Gasteiger partial charge in [0.25, 0.3) is 5.69 Å². The van der Waals surface area contributed by atoms with Gasteiger partial charge in [0.15, 0.2) is 0 Å². The summed E-state index contributed by atoms with van der Waals surface area (Å²) in [6, 6.07) is 13.0. The summed E-state index contributed by atoms with van der Waals surface area (Å²) in [6.45, 7) is 2.92. The van der Waals surface area contributed by atoms with Gasteiger partial charge in [-0.2, -0.15) is 0 Å². The Balaban J connectivity index is 0.00000544. The van der Waals surface area contributed by atoms with Crippen molar-refractivity contribution in [2.75, 3.05) is 20.6 Å². The maximum atomic E-state index is 12.9. The van der Waals surface area contributed by atoms with E-state index < -0.39 is 17.0 Å². The lowest BCUT2D eigenvalue weighted by molar-refractivity contribution is -0.384. The number of benzene rings is 2. The molecule has 180 valence electrons. The highest BCUT2D eigenvalue weighted by molar-refractivity contribution is 6.32. The van der Waals surface area contributed by atoms with Gasteiger partial charge in [-0.05, 0) is 50.4 Å². The van der Waals surface area contributed by atoms with E-state index in [1.165, 1.54) is 24.3 Å². The number of hydrogen-bond donors (Lipinski definition) is 0. The van der Waals surface area contributed by atoms with Crippen LogP contribution >= 0.6 is 24.0 Å². The van der Waals surface area contributed by atoms with E-state index >= 15 is 0 Å². The molecule has 0 amide bonds. The van der Waals surface area contributed by atoms with Crippen LogP contribution < -0.4 is 0 Å². The van der Waals surface area contributed by atoms with Crippen LogP contribution in [0.2, 0.25) is 5.02 Å². The number of halogens is 2. The maximum absolute atomic E-state index is 12.9. The molecule has 8 heteroatoms. The van der Waals surface area contributed by atoms with E-state index in [1.54, 1.807) is 0 Å². The summed E-state index contributed by atoms with van der Waals surface area (Å²) in [7, 11) is 4.00. The van der Waals surface area contributed by atoms with Gasteiger partial charge in [0.2, 0.25) is 0 Å². The predicted octanol–water partition coefficient (Wildman–Crippen LogP) is 6.67. The first-order valence-electron chi connectivity index (χ1n) is 10.8. The molecule has 2 aromatic rings. The summed E-state index contributed by atoms with van der Waals surface area (Å²) in [5.41, 5.74) is 1.06. The van der Waals surface area contributed by atoms with Crippen LogP contribution in [0, 0.1) is 16.0 Å². The molecule has 6 nitrogen and oxygen atoms in total. The number of carbonyl (C=O) groups is 1. The Bertz CT molecular complexity index is 917. The number of non-ortho nitro benzene ring substituents is 1. The van der Waals surface area contributed by atoms with Crippen molar-refractivity contribution in [2.24, 2.45) is 5.92 Å². The zero-order chi connectivity index (χ0) is 23.5. The lowest BCUT2D eigenvalue weighted by Gasteiger charge is -2.27. The van der Waals surface area contributed by atoms with Crippen molar-refractivity contribution in [1.82, 2.24) is 4.90 Å². The molecule has 0 aliphatic carbocycles. The van der Waals surface area contributed by atoms with Crippen molar-refractivity contribution in [3.05, 3.63) is 80.9 Å². The molecule has 33 heavy (non-hydrogen) atoms. The van der Waals surface area contributed by atoms with Gasteiger partial charge in [0, 0.05) is 29.6 Å². The van der Waals surface area contributed by atoms with Gasteiger partial charge < -0.3 is 9.64 Å². The van der Waals surface area contributed by atoms with Crippen molar-refractivity contribution in [3.63, 3.8) is 0 Å². The zero-order valence-electron chi connectivity index (χ0n) is 19.3. The summed E-state index contributed by atoms with van der Waals surface area (Å²) in [5.74, 6) is -0.412. The first kappa shape index (κ1) is 28.6. The first-order valence-corrected chi connectivity index (χ1v) is 11.2. The molecule has 2 aromatic carbocycles. The van der Waals surface area contributed by atoms with Crippen molar-refractivity contribution >= 4 is 41.7 Å². The van der Waals surface area contributed by atoms with Crippen LogP contribution in [-0.2, 0) is 4.74 Å². The van der Waals surface area contributed by atoms with Crippen LogP contribution in [0.25, 0.3) is 6.08 Å². The van der Waals surface area contributed by atoms with Crippen LogP contribution in [0.5, 0.6) is 0 Å². The number of nitro benzene ring substituents is 1. The van der Waals surface area contributed by atoms with Crippen molar-refractivity contribution in [2.45, 2.75) is 38.7 Å². The standard InChI is InChI=1S/C25H31ClN2O4.ClH/c1-4-5-6-10-21(18-27(2)3)24(17-14-19-9-7-8-11-23(19)26)32-25(29)20-12-15-22(16-13-20)28(30)31;/h7-9,11-17,21,24H,4-6,10,18H2,1-3H3;1H/b17-14+;. The van der Waals surface area contributed by atoms with E-state index in [-0.39, 0.29) is 29.6 Å². The van der Waals surface area contributed by atoms with E-state index in [2.05, 4.69) is 11.8 Å². The fourth-order valence-electron chi connectivity index (χ4n) is 3.50. The molecular weight excluding hydrogens is 463 g/mol. The van der Waals surface area contributed by atoms with Gasteiger partial charge in [-0.1, -0.05) is 62.1 Å². The van der Waals surface area contributed by atoms with E-state index in [0.717, 1.165) is 37.8 Å². The number of unbranched alkanes of at least 4 members (excludes halogenated alkanes) is 2. The fraction of sp³-hybridized carbons (Fsp3) is 0.400. The van der Waals surface area contributed by atoms with E-state index in [9.17, 15) is 14.9 Å². The third-order valence-electron chi connectivity index (χ3n) is 5.17. The number of nitrogens with zero attached hydrogens (tertiary/aromatic N) is 2. The summed E-state index contributed by atoms with van der Waals surface area (Å²) in [6.07, 6.45) is 7.49. The van der Waals surface area contributed by atoms with Crippen LogP contribution in [-0.4, -0.2) is 42.5 Å². The molecule has 0 saturated heterocycles. The number of carbonyl (C=O) groups excluding carboxylic acids is 1. The molecule has 0 spiro atoms. The van der Waals surface area contributed by atoms with Crippen LogP contribution in [0.3, 0.4) is 0 Å². The highest BCUT2D eigenvalue weighted by atomic mass is 35.5. The molecule has 0 bridgehead atoms. The summed E-state index contributed by atoms with van der Waals surface area (Å²) >= 11 is 6.29. The van der Waals surface area contributed by atoms with Gasteiger partial charge in [0.1, 0.15) is 6.10 Å². The third kappa shape index (κ3) is 9.54. The molecule has 0 aliphatic heterocycles. The molecule has 2 unspecified atom stereocenters. The Morgan fingerprint density at radius 3 is 2.39 bits per heavy atom. The second kappa shape index (κ2) is 14.7. The Morgan fingerprint density at radius 2 is 1.82 bits per heavy atom.